The molecule has 1 saturated heterocycles. The molecule has 1 aromatic carbocycles. The van der Waals surface area contributed by atoms with E-state index in [0.717, 1.165) is 0 Å². The van der Waals surface area contributed by atoms with Crippen LogP contribution in [0, 0.1) is 5.92 Å². The molecule has 2 rings (SSSR count). The van der Waals surface area contributed by atoms with Crippen molar-refractivity contribution < 1.29 is 15.0 Å². The van der Waals surface area contributed by atoms with Crippen LogP contribution in [0.1, 0.15) is 24.2 Å². The molecule has 1 heterocycles. The number of anilines is 1. The number of phenolic OH excluding ortho intramolecular Hbond substituents is 1. The van der Waals surface area contributed by atoms with Gasteiger partial charge in [0, 0.05) is 5.56 Å². The molecule has 0 spiro atoms. The summed E-state index contributed by atoms with van der Waals surface area (Å²) in [6.45, 7) is 4.51. The molecule has 0 unspecified atom stereocenters. The van der Waals surface area contributed by atoms with Crippen LogP contribution in [0.3, 0.4) is 0 Å². The number of likely N-dealkylation sites (tertiary alicyclic amines) is 1. The van der Waals surface area contributed by atoms with Gasteiger partial charge in [0.1, 0.15) is 11.4 Å². The third kappa shape index (κ3) is 2.01. The lowest BCUT2D eigenvalue weighted by Gasteiger charge is -2.49. The SMILES string of the molecule is CC(C)C1(O)CN(C(=O)c2ccc(N)c(O)c2)C1. The van der Waals surface area contributed by atoms with Gasteiger partial charge in [-0.3, -0.25) is 4.79 Å². The summed E-state index contributed by atoms with van der Waals surface area (Å²) in [6.07, 6.45) is 0. The zero-order valence-corrected chi connectivity index (χ0v) is 10.6. The van der Waals surface area contributed by atoms with Crippen LogP contribution in [0.2, 0.25) is 0 Å². The summed E-state index contributed by atoms with van der Waals surface area (Å²) < 4.78 is 0. The maximum atomic E-state index is 12.1. The minimum absolute atomic E-state index is 0.0968. The zero-order valence-electron chi connectivity index (χ0n) is 10.6. The number of nitrogens with two attached hydrogens (primary N) is 1. The second kappa shape index (κ2) is 4.17. The predicted octanol–water partition coefficient (Wildman–Crippen LogP) is 0.817. The quantitative estimate of drug-likeness (QED) is 0.535. The lowest BCUT2D eigenvalue weighted by Crippen LogP contribution is -2.65. The molecule has 1 fully saturated rings. The highest BCUT2D eigenvalue weighted by Crippen LogP contribution is 2.30. The van der Waals surface area contributed by atoms with Gasteiger partial charge in [-0.2, -0.15) is 0 Å². The first-order chi connectivity index (χ1) is 8.33. The molecule has 0 radical (unpaired) electrons. The average molecular weight is 250 g/mol. The van der Waals surface area contributed by atoms with E-state index in [1.54, 1.807) is 11.0 Å². The molecule has 5 heteroatoms. The normalized spacial score (nSPS) is 17.7. The Balaban J connectivity index is 2.08. The fourth-order valence-electron chi connectivity index (χ4n) is 1.98. The lowest BCUT2D eigenvalue weighted by molar-refractivity contribution is -0.110. The van der Waals surface area contributed by atoms with E-state index in [1.807, 2.05) is 13.8 Å². The molecule has 1 aliphatic rings. The smallest absolute Gasteiger partial charge is 0.254 e. The topological polar surface area (TPSA) is 86.8 Å². The van der Waals surface area contributed by atoms with Crippen molar-refractivity contribution in [3.8, 4) is 5.75 Å². The monoisotopic (exact) mass is 250 g/mol. The van der Waals surface area contributed by atoms with Crippen molar-refractivity contribution in [2.75, 3.05) is 18.8 Å². The minimum atomic E-state index is -0.786. The van der Waals surface area contributed by atoms with E-state index in [1.165, 1.54) is 12.1 Å². The molecule has 5 nitrogen and oxygen atoms in total. The van der Waals surface area contributed by atoms with Gasteiger partial charge in [0.05, 0.1) is 18.8 Å². The second-order valence-electron chi connectivity index (χ2n) is 5.19. The molecule has 0 aromatic heterocycles. The van der Waals surface area contributed by atoms with Gasteiger partial charge in [0.15, 0.2) is 0 Å². The second-order valence-corrected chi connectivity index (χ2v) is 5.19. The average Bonchev–Trinajstić information content (AvgIpc) is 2.27. The fourth-order valence-corrected chi connectivity index (χ4v) is 1.98. The summed E-state index contributed by atoms with van der Waals surface area (Å²) in [5, 5.41) is 19.6. The van der Waals surface area contributed by atoms with Crippen LogP contribution in [0.15, 0.2) is 18.2 Å². The third-order valence-electron chi connectivity index (χ3n) is 3.57. The molecule has 0 atom stereocenters. The standard InChI is InChI=1S/C13H18N2O3/c1-8(2)13(18)6-15(7-13)12(17)9-3-4-10(14)11(16)5-9/h3-5,8,16,18H,6-7,14H2,1-2H3. The molecular formula is C13H18N2O3. The molecule has 98 valence electrons. The molecule has 1 aromatic rings. The van der Waals surface area contributed by atoms with Crippen LogP contribution >= 0.6 is 0 Å². The van der Waals surface area contributed by atoms with Crippen LogP contribution in [-0.4, -0.2) is 39.7 Å². The summed E-state index contributed by atoms with van der Waals surface area (Å²) in [5.41, 5.74) is 5.32. The highest BCUT2D eigenvalue weighted by Gasteiger charge is 2.45. The van der Waals surface area contributed by atoms with E-state index in [0.29, 0.717) is 18.7 Å². The Bertz CT molecular complexity index is 479. The van der Waals surface area contributed by atoms with Gasteiger partial charge in [0.2, 0.25) is 0 Å². The number of carbonyl (C=O) groups excluding carboxylic acids is 1. The van der Waals surface area contributed by atoms with Gasteiger partial charge in [-0.05, 0) is 24.1 Å². The van der Waals surface area contributed by atoms with Gasteiger partial charge in [-0.1, -0.05) is 13.8 Å². The molecule has 18 heavy (non-hydrogen) atoms. The van der Waals surface area contributed by atoms with E-state index in [9.17, 15) is 15.0 Å². The van der Waals surface area contributed by atoms with Crippen molar-refractivity contribution in [3.63, 3.8) is 0 Å². The van der Waals surface area contributed by atoms with Gasteiger partial charge in [-0.15, -0.1) is 0 Å². The van der Waals surface area contributed by atoms with E-state index >= 15 is 0 Å². The van der Waals surface area contributed by atoms with Gasteiger partial charge < -0.3 is 20.8 Å². The number of nitrogens with zero attached hydrogens (tertiary/aromatic N) is 1. The van der Waals surface area contributed by atoms with Crippen molar-refractivity contribution in [1.29, 1.82) is 0 Å². The molecule has 0 aliphatic carbocycles. The van der Waals surface area contributed by atoms with Crippen LogP contribution in [0.4, 0.5) is 5.69 Å². The number of benzene rings is 1. The number of hydrogen-bond acceptors (Lipinski definition) is 4. The van der Waals surface area contributed by atoms with Crippen molar-refractivity contribution in [2.45, 2.75) is 19.4 Å². The first kappa shape index (κ1) is 12.7. The van der Waals surface area contributed by atoms with Crippen molar-refractivity contribution in [2.24, 2.45) is 5.92 Å². The first-order valence-corrected chi connectivity index (χ1v) is 5.93. The Hall–Kier alpha value is -1.75. The number of amides is 1. The largest absolute Gasteiger partial charge is 0.506 e. The van der Waals surface area contributed by atoms with Crippen molar-refractivity contribution >= 4 is 11.6 Å². The molecule has 0 bridgehead atoms. The van der Waals surface area contributed by atoms with Crippen LogP contribution < -0.4 is 5.73 Å². The number of rotatable bonds is 2. The maximum Gasteiger partial charge on any atom is 0.254 e. The maximum absolute atomic E-state index is 12.1. The Morgan fingerprint density at radius 1 is 1.44 bits per heavy atom. The fraction of sp³-hybridized carbons (Fsp3) is 0.462. The molecule has 4 N–H and O–H groups in total. The highest BCUT2D eigenvalue weighted by atomic mass is 16.3. The Morgan fingerprint density at radius 3 is 2.56 bits per heavy atom. The van der Waals surface area contributed by atoms with Crippen molar-refractivity contribution in [3.05, 3.63) is 23.8 Å². The zero-order chi connectivity index (χ0) is 13.5. The van der Waals surface area contributed by atoms with Gasteiger partial charge in [-0.25, -0.2) is 0 Å². The number of aromatic hydroxyl groups is 1. The number of hydrogen-bond donors (Lipinski definition) is 3. The Kier molecular flexibility index (Phi) is 2.94. The summed E-state index contributed by atoms with van der Waals surface area (Å²) in [4.78, 5) is 13.6. The summed E-state index contributed by atoms with van der Waals surface area (Å²) in [5.74, 6) is -0.183. The molecular weight excluding hydrogens is 232 g/mol. The predicted molar refractivity (Wildman–Crippen MR) is 68.2 cm³/mol. The van der Waals surface area contributed by atoms with Crippen LogP contribution in [-0.2, 0) is 0 Å². The number of carbonyl (C=O) groups is 1. The van der Waals surface area contributed by atoms with Crippen LogP contribution in [0.25, 0.3) is 0 Å². The van der Waals surface area contributed by atoms with E-state index in [2.05, 4.69) is 0 Å². The Labute approximate surface area is 106 Å². The van der Waals surface area contributed by atoms with E-state index < -0.39 is 5.60 Å². The molecule has 0 saturated carbocycles. The summed E-state index contributed by atoms with van der Waals surface area (Å²) in [6, 6.07) is 4.42. The molecule has 1 aliphatic heterocycles. The number of nitrogen functional groups attached to an aromatic ring is 1. The number of phenols is 1. The number of aliphatic hydroxyl groups is 1. The summed E-state index contributed by atoms with van der Waals surface area (Å²) >= 11 is 0. The minimum Gasteiger partial charge on any atom is -0.506 e. The van der Waals surface area contributed by atoms with Gasteiger partial charge in [0.25, 0.3) is 5.91 Å². The first-order valence-electron chi connectivity index (χ1n) is 5.93. The highest BCUT2D eigenvalue weighted by molar-refractivity contribution is 5.95. The third-order valence-corrected chi connectivity index (χ3v) is 3.57. The molecule has 1 amide bonds. The van der Waals surface area contributed by atoms with E-state index in [4.69, 9.17) is 5.73 Å². The summed E-state index contributed by atoms with van der Waals surface area (Å²) in [7, 11) is 0. The Morgan fingerprint density at radius 2 is 2.06 bits per heavy atom. The van der Waals surface area contributed by atoms with E-state index in [-0.39, 0.29) is 23.3 Å². The lowest BCUT2D eigenvalue weighted by atomic mass is 9.82. The number of β-amino-alcohol motifs (C(OH)–C–C–N with tert-alkyl or cyclic N) is 1. The van der Waals surface area contributed by atoms with Crippen molar-refractivity contribution in [1.82, 2.24) is 4.90 Å². The van der Waals surface area contributed by atoms with Crippen LogP contribution in [0.5, 0.6) is 5.75 Å². The van der Waals surface area contributed by atoms with Gasteiger partial charge >= 0.3 is 0 Å².